The molecule has 0 saturated heterocycles. The van der Waals surface area contributed by atoms with Crippen LogP contribution in [0.25, 0.3) is 0 Å². The molecule has 0 aromatic carbocycles. The number of nitrogens with two attached hydrogens (primary N) is 1. The Kier molecular flexibility index (Phi) is 5.29. The summed E-state index contributed by atoms with van der Waals surface area (Å²) in [6, 6.07) is 0.0427. The number of carbonyl (C=O) groups is 1. The lowest BCUT2D eigenvalue weighted by Gasteiger charge is -2.27. The Labute approximate surface area is 93.8 Å². The second kappa shape index (κ2) is 5.50. The highest BCUT2D eigenvalue weighted by Gasteiger charge is 2.26. The molecule has 0 fully saturated rings. The highest BCUT2D eigenvalue weighted by molar-refractivity contribution is 5.78. The van der Waals surface area contributed by atoms with Crippen LogP contribution >= 0.6 is 0 Å². The average Bonchev–Trinajstić information content (AvgIpc) is 2.10. The third-order valence-electron chi connectivity index (χ3n) is 3.06. The van der Waals surface area contributed by atoms with Gasteiger partial charge in [0, 0.05) is 18.5 Å². The highest BCUT2D eigenvalue weighted by Crippen LogP contribution is 2.25. The van der Waals surface area contributed by atoms with E-state index in [-0.39, 0.29) is 23.3 Å². The van der Waals surface area contributed by atoms with Crippen molar-refractivity contribution in [1.29, 1.82) is 0 Å². The second-order valence-corrected chi connectivity index (χ2v) is 5.74. The van der Waals surface area contributed by atoms with Gasteiger partial charge in [-0.1, -0.05) is 41.5 Å². The van der Waals surface area contributed by atoms with E-state index in [9.17, 15) is 4.79 Å². The van der Waals surface area contributed by atoms with Gasteiger partial charge in [0.15, 0.2) is 0 Å². The molecule has 0 aromatic heterocycles. The number of carbonyl (C=O) groups excluding carboxylic acids is 1. The van der Waals surface area contributed by atoms with Gasteiger partial charge in [0.1, 0.15) is 0 Å². The predicted octanol–water partition coefficient (Wildman–Crippen LogP) is 1.77. The molecule has 0 aliphatic rings. The summed E-state index contributed by atoms with van der Waals surface area (Å²) in [4.78, 5) is 11.8. The molecule has 15 heavy (non-hydrogen) atoms. The first kappa shape index (κ1) is 14.4. The summed E-state index contributed by atoms with van der Waals surface area (Å²) in [7, 11) is 0. The predicted molar refractivity (Wildman–Crippen MR) is 64.4 cm³/mol. The third kappa shape index (κ3) is 5.17. The Balaban J connectivity index is 4.05. The van der Waals surface area contributed by atoms with Crippen LogP contribution in [0, 0.1) is 17.3 Å². The lowest BCUT2D eigenvalue weighted by molar-refractivity contribution is -0.127. The van der Waals surface area contributed by atoms with Crippen molar-refractivity contribution in [2.24, 2.45) is 23.0 Å². The van der Waals surface area contributed by atoms with Crippen LogP contribution in [0.5, 0.6) is 0 Å². The molecule has 3 heteroatoms. The molecule has 0 rings (SSSR count). The topological polar surface area (TPSA) is 55.1 Å². The fraction of sp³-hybridized carbons (Fsp3) is 0.917. The Morgan fingerprint density at radius 3 is 2.07 bits per heavy atom. The van der Waals surface area contributed by atoms with Crippen LogP contribution in [0.15, 0.2) is 0 Å². The minimum absolute atomic E-state index is 0.00596. The summed E-state index contributed by atoms with van der Waals surface area (Å²) < 4.78 is 0. The summed E-state index contributed by atoms with van der Waals surface area (Å²) in [6.45, 7) is 12.8. The SMILES string of the molecule is CC(C)C(N)CNC(=O)C(C)C(C)(C)C. The quantitative estimate of drug-likeness (QED) is 0.749. The van der Waals surface area contributed by atoms with Crippen molar-refractivity contribution >= 4 is 5.91 Å². The summed E-state index contributed by atoms with van der Waals surface area (Å²) in [5.74, 6) is 0.505. The lowest BCUT2D eigenvalue weighted by Crippen LogP contribution is -2.44. The standard InChI is InChI=1S/C12H26N2O/c1-8(2)10(13)7-14-11(15)9(3)12(4,5)6/h8-10H,7,13H2,1-6H3,(H,14,15). The van der Waals surface area contributed by atoms with E-state index in [4.69, 9.17) is 5.73 Å². The number of amides is 1. The van der Waals surface area contributed by atoms with Gasteiger partial charge >= 0.3 is 0 Å². The zero-order chi connectivity index (χ0) is 12.2. The van der Waals surface area contributed by atoms with Gasteiger partial charge < -0.3 is 11.1 Å². The van der Waals surface area contributed by atoms with Crippen molar-refractivity contribution in [3.63, 3.8) is 0 Å². The zero-order valence-corrected chi connectivity index (χ0v) is 10.9. The molecular formula is C12H26N2O. The van der Waals surface area contributed by atoms with Crippen molar-refractivity contribution in [1.82, 2.24) is 5.32 Å². The smallest absolute Gasteiger partial charge is 0.223 e. The van der Waals surface area contributed by atoms with E-state index in [1.807, 2.05) is 6.92 Å². The third-order valence-corrected chi connectivity index (χ3v) is 3.06. The first-order valence-corrected chi connectivity index (χ1v) is 5.69. The second-order valence-electron chi connectivity index (χ2n) is 5.74. The fourth-order valence-corrected chi connectivity index (χ4v) is 1.00. The fourth-order valence-electron chi connectivity index (χ4n) is 1.00. The number of hydrogen-bond donors (Lipinski definition) is 2. The van der Waals surface area contributed by atoms with Crippen molar-refractivity contribution in [3.8, 4) is 0 Å². The Morgan fingerprint density at radius 2 is 1.73 bits per heavy atom. The lowest BCUT2D eigenvalue weighted by atomic mass is 9.81. The van der Waals surface area contributed by atoms with E-state index in [2.05, 4.69) is 39.9 Å². The van der Waals surface area contributed by atoms with Crippen molar-refractivity contribution < 1.29 is 4.79 Å². The molecular weight excluding hydrogens is 188 g/mol. The molecule has 2 atom stereocenters. The van der Waals surface area contributed by atoms with Crippen LogP contribution in [-0.2, 0) is 4.79 Å². The van der Waals surface area contributed by atoms with Crippen LogP contribution in [0.3, 0.4) is 0 Å². The molecule has 3 nitrogen and oxygen atoms in total. The first-order chi connectivity index (χ1) is 6.66. The Hall–Kier alpha value is -0.570. The zero-order valence-electron chi connectivity index (χ0n) is 10.9. The number of hydrogen-bond acceptors (Lipinski definition) is 2. The normalized spacial score (nSPS) is 16.3. The van der Waals surface area contributed by atoms with Crippen LogP contribution in [0.1, 0.15) is 41.5 Å². The van der Waals surface area contributed by atoms with Crippen LogP contribution in [0.4, 0.5) is 0 Å². The molecule has 0 spiro atoms. The minimum atomic E-state index is 0.00596. The van der Waals surface area contributed by atoms with E-state index in [0.717, 1.165) is 0 Å². The monoisotopic (exact) mass is 214 g/mol. The summed E-state index contributed by atoms with van der Waals surface area (Å²) >= 11 is 0. The van der Waals surface area contributed by atoms with Gasteiger partial charge in [0.05, 0.1) is 0 Å². The summed E-state index contributed by atoms with van der Waals surface area (Å²) in [6.07, 6.45) is 0. The average molecular weight is 214 g/mol. The van der Waals surface area contributed by atoms with E-state index < -0.39 is 0 Å². The summed E-state index contributed by atoms with van der Waals surface area (Å²) in [5, 5.41) is 2.91. The maximum absolute atomic E-state index is 11.8. The number of rotatable bonds is 4. The molecule has 0 heterocycles. The van der Waals surface area contributed by atoms with Crippen LogP contribution in [-0.4, -0.2) is 18.5 Å². The van der Waals surface area contributed by atoms with E-state index in [0.29, 0.717) is 12.5 Å². The van der Waals surface area contributed by atoms with Gasteiger partial charge in [-0.2, -0.15) is 0 Å². The van der Waals surface area contributed by atoms with Gasteiger partial charge in [0.25, 0.3) is 0 Å². The Morgan fingerprint density at radius 1 is 1.27 bits per heavy atom. The van der Waals surface area contributed by atoms with Crippen molar-refractivity contribution in [2.75, 3.05) is 6.54 Å². The van der Waals surface area contributed by atoms with Crippen LogP contribution < -0.4 is 11.1 Å². The highest BCUT2D eigenvalue weighted by atomic mass is 16.1. The van der Waals surface area contributed by atoms with Gasteiger partial charge in [-0.25, -0.2) is 0 Å². The largest absolute Gasteiger partial charge is 0.354 e. The maximum Gasteiger partial charge on any atom is 0.223 e. The van der Waals surface area contributed by atoms with Gasteiger partial charge in [-0.3, -0.25) is 4.79 Å². The van der Waals surface area contributed by atoms with Gasteiger partial charge in [0.2, 0.25) is 5.91 Å². The van der Waals surface area contributed by atoms with Crippen LogP contribution in [0.2, 0.25) is 0 Å². The molecule has 90 valence electrons. The van der Waals surface area contributed by atoms with E-state index in [1.54, 1.807) is 0 Å². The summed E-state index contributed by atoms with van der Waals surface area (Å²) in [5.41, 5.74) is 5.87. The van der Waals surface area contributed by atoms with Crippen molar-refractivity contribution in [2.45, 2.75) is 47.6 Å². The molecule has 3 N–H and O–H groups in total. The molecule has 0 radical (unpaired) electrons. The maximum atomic E-state index is 11.8. The van der Waals surface area contributed by atoms with Gasteiger partial charge in [-0.15, -0.1) is 0 Å². The molecule has 2 unspecified atom stereocenters. The molecule has 1 amide bonds. The van der Waals surface area contributed by atoms with Crippen molar-refractivity contribution in [3.05, 3.63) is 0 Å². The number of nitrogens with one attached hydrogen (secondary N) is 1. The molecule has 0 aliphatic carbocycles. The molecule has 0 aromatic rings. The van der Waals surface area contributed by atoms with Gasteiger partial charge in [-0.05, 0) is 11.3 Å². The Bertz CT molecular complexity index is 206. The molecule has 0 saturated carbocycles. The molecule has 0 aliphatic heterocycles. The minimum Gasteiger partial charge on any atom is -0.354 e. The molecule has 0 bridgehead atoms. The van der Waals surface area contributed by atoms with E-state index >= 15 is 0 Å². The first-order valence-electron chi connectivity index (χ1n) is 5.69. The van der Waals surface area contributed by atoms with E-state index in [1.165, 1.54) is 0 Å².